The molecule has 0 spiro atoms. The summed E-state index contributed by atoms with van der Waals surface area (Å²) in [6, 6.07) is 10.7. The van der Waals surface area contributed by atoms with Crippen molar-refractivity contribution >= 4 is 17.4 Å². The molecule has 0 bridgehead atoms. The topological polar surface area (TPSA) is 85.9 Å². The Labute approximate surface area is 165 Å². The summed E-state index contributed by atoms with van der Waals surface area (Å²) in [7, 11) is 0. The molecular weight excluding hydrogens is 378 g/mol. The third-order valence-electron chi connectivity index (χ3n) is 5.57. The molecule has 2 unspecified atom stereocenters. The van der Waals surface area contributed by atoms with Crippen LogP contribution in [0.25, 0.3) is 11.4 Å². The smallest absolute Gasteiger partial charge is 0.319 e. The molecule has 2 atom stereocenters. The van der Waals surface area contributed by atoms with Crippen molar-refractivity contribution in [3.05, 3.63) is 60.4 Å². The monoisotopic (exact) mass is 396 g/mol. The van der Waals surface area contributed by atoms with Crippen LogP contribution in [0.15, 0.2) is 48.8 Å². The van der Waals surface area contributed by atoms with Crippen LogP contribution < -0.4 is 15.5 Å². The van der Waals surface area contributed by atoms with Crippen LogP contribution in [0.3, 0.4) is 0 Å². The minimum Gasteiger partial charge on any atom is -0.368 e. The number of amides is 2. The molecule has 7 nitrogen and oxygen atoms in total. The summed E-state index contributed by atoms with van der Waals surface area (Å²) in [5, 5.41) is 12.6. The number of H-pyrrole nitrogens is 1. The van der Waals surface area contributed by atoms with E-state index < -0.39 is 11.6 Å². The maximum absolute atomic E-state index is 14.0. The molecular formula is C20H18F2N6O. The van der Waals surface area contributed by atoms with Crippen molar-refractivity contribution in [2.24, 2.45) is 11.8 Å². The number of para-hydroxylation sites is 1. The first-order valence-corrected chi connectivity index (χ1v) is 9.33. The molecule has 1 aliphatic carbocycles. The number of nitrogens with one attached hydrogen (secondary N) is 3. The summed E-state index contributed by atoms with van der Waals surface area (Å²) in [5.74, 6) is -0.127. The third-order valence-corrected chi connectivity index (χ3v) is 5.57. The molecule has 0 radical (unpaired) electrons. The number of carbonyl (C=O) groups is 1. The van der Waals surface area contributed by atoms with Gasteiger partial charge >= 0.3 is 6.03 Å². The average Bonchev–Trinajstić information content (AvgIpc) is 3.13. The number of piperidine rings is 1. The lowest BCUT2D eigenvalue weighted by Crippen LogP contribution is -2.37. The molecule has 29 heavy (non-hydrogen) atoms. The summed E-state index contributed by atoms with van der Waals surface area (Å²) in [6.45, 7) is 1.26. The molecule has 2 heterocycles. The zero-order valence-electron chi connectivity index (χ0n) is 15.3. The molecule has 3 N–H and O–H groups in total. The van der Waals surface area contributed by atoms with Crippen molar-refractivity contribution in [3.63, 3.8) is 0 Å². The van der Waals surface area contributed by atoms with Crippen LogP contribution in [0, 0.1) is 23.5 Å². The van der Waals surface area contributed by atoms with Crippen LogP contribution in [0.1, 0.15) is 0 Å². The van der Waals surface area contributed by atoms with Crippen LogP contribution >= 0.6 is 0 Å². The lowest BCUT2D eigenvalue weighted by atomic mass is 10.1. The summed E-state index contributed by atoms with van der Waals surface area (Å²) in [4.78, 5) is 18.5. The second kappa shape index (κ2) is 6.84. The number of aromatic amines is 1. The minimum absolute atomic E-state index is 0.0467. The van der Waals surface area contributed by atoms with Gasteiger partial charge in [-0.2, -0.15) is 5.10 Å². The first-order valence-electron chi connectivity index (χ1n) is 9.33. The van der Waals surface area contributed by atoms with Crippen molar-refractivity contribution in [2.75, 3.05) is 23.3 Å². The largest absolute Gasteiger partial charge is 0.368 e. The van der Waals surface area contributed by atoms with Gasteiger partial charge in [0, 0.05) is 42.6 Å². The molecule has 2 aromatic carbocycles. The highest BCUT2D eigenvalue weighted by Gasteiger charge is 2.56. The van der Waals surface area contributed by atoms with Crippen molar-refractivity contribution in [2.45, 2.75) is 6.04 Å². The number of benzene rings is 2. The fourth-order valence-electron chi connectivity index (χ4n) is 4.11. The standard InChI is InChI=1S/C20H18F2N6O/c21-11-5-6-17(15(22)7-11)28-8-13-14(9-28)18(13)26-20(29)25-16-4-2-1-3-12(16)19-23-10-24-27-19/h1-7,10,13-14,18H,8-9H2,(H,23,24,27)(H2,25,26,29). The summed E-state index contributed by atoms with van der Waals surface area (Å²) >= 11 is 0. The van der Waals surface area contributed by atoms with Crippen LogP contribution in [0.2, 0.25) is 0 Å². The van der Waals surface area contributed by atoms with E-state index in [0.29, 0.717) is 30.3 Å². The Kier molecular flexibility index (Phi) is 4.15. The lowest BCUT2D eigenvalue weighted by Gasteiger charge is -2.23. The third kappa shape index (κ3) is 3.28. The number of carbonyl (C=O) groups excluding carboxylic acids is 1. The Morgan fingerprint density at radius 2 is 1.93 bits per heavy atom. The average molecular weight is 396 g/mol. The van der Waals surface area contributed by atoms with E-state index in [1.54, 1.807) is 6.07 Å². The number of nitrogens with zero attached hydrogens (tertiary/aromatic N) is 3. The van der Waals surface area contributed by atoms with Gasteiger partial charge < -0.3 is 15.5 Å². The zero-order valence-corrected chi connectivity index (χ0v) is 15.3. The summed E-state index contributed by atoms with van der Waals surface area (Å²) in [6.07, 6.45) is 1.48. The summed E-state index contributed by atoms with van der Waals surface area (Å²) in [5.41, 5.74) is 1.74. The van der Waals surface area contributed by atoms with E-state index in [-0.39, 0.29) is 23.9 Å². The number of hydrogen-bond acceptors (Lipinski definition) is 4. The molecule has 2 aliphatic rings. The minimum atomic E-state index is -0.586. The maximum atomic E-state index is 14.0. The Morgan fingerprint density at radius 3 is 2.66 bits per heavy atom. The zero-order chi connectivity index (χ0) is 20.0. The van der Waals surface area contributed by atoms with Gasteiger partial charge in [-0.1, -0.05) is 12.1 Å². The predicted molar refractivity (Wildman–Crippen MR) is 103 cm³/mol. The molecule has 2 amide bonds. The predicted octanol–water partition coefficient (Wildman–Crippen LogP) is 3.01. The molecule has 2 fully saturated rings. The molecule has 1 aromatic heterocycles. The maximum Gasteiger partial charge on any atom is 0.319 e. The second-order valence-electron chi connectivity index (χ2n) is 7.32. The van der Waals surface area contributed by atoms with E-state index in [9.17, 15) is 13.6 Å². The van der Waals surface area contributed by atoms with E-state index in [0.717, 1.165) is 11.6 Å². The van der Waals surface area contributed by atoms with Gasteiger partial charge in [0.15, 0.2) is 5.82 Å². The van der Waals surface area contributed by atoms with Crippen LogP contribution in [-0.4, -0.2) is 40.3 Å². The van der Waals surface area contributed by atoms with E-state index in [1.807, 2.05) is 23.1 Å². The van der Waals surface area contributed by atoms with Gasteiger partial charge in [0.2, 0.25) is 0 Å². The van der Waals surface area contributed by atoms with E-state index in [1.165, 1.54) is 18.5 Å². The normalized spacial score (nSPS) is 22.3. The number of hydrogen-bond donors (Lipinski definition) is 3. The van der Waals surface area contributed by atoms with E-state index in [4.69, 9.17) is 0 Å². The number of halogens is 2. The number of urea groups is 1. The van der Waals surface area contributed by atoms with Crippen molar-refractivity contribution in [1.29, 1.82) is 0 Å². The molecule has 1 aliphatic heterocycles. The fourth-order valence-corrected chi connectivity index (χ4v) is 4.11. The highest BCUT2D eigenvalue weighted by Crippen LogP contribution is 2.47. The molecule has 3 aromatic rings. The highest BCUT2D eigenvalue weighted by atomic mass is 19.1. The van der Waals surface area contributed by atoms with Gasteiger partial charge in [0.25, 0.3) is 0 Å². The van der Waals surface area contributed by atoms with Crippen molar-refractivity contribution in [1.82, 2.24) is 20.5 Å². The molecule has 5 rings (SSSR count). The second-order valence-corrected chi connectivity index (χ2v) is 7.32. The van der Waals surface area contributed by atoms with E-state index >= 15 is 0 Å². The Morgan fingerprint density at radius 1 is 1.14 bits per heavy atom. The summed E-state index contributed by atoms with van der Waals surface area (Å²) < 4.78 is 27.1. The first-order chi connectivity index (χ1) is 14.1. The highest BCUT2D eigenvalue weighted by molar-refractivity contribution is 5.94. The molecule has 9 heteroatoms. The van der Waals surface area contributed by atoms with Gasteiger partial charge in [-0.05, 0) is 24.3 Å². The van der Waals surface area contributed by atoms with Crippen molar-refractivity contribution < 1.29 is 13.6 Å². The lowest BCUT2D eigenvalue weighted by molar-refractivity contribution is 0.250. The van der Waals surface area contributed by atoms with Gasteiger partial charge in [-0.15, -0.1) is 0 Å². The SMILES string of the molecule is O=C(Nc1ccccc1-c1nc[nH]n1)NC1C2CN(c3ccc(F)cc3F)CC21. The Bertz CT molecular complexity index is 1040. The number of fused-ring (bicyclic) bond motifs is 1. The quantitative estimate of drug-likeness (QED) is 0.633. The van der Waals surface area contributed by atoms with Crippen LogP contribution in [0.4, 0.5) is 25.0 Å². The van der Waals surface area contributed by atoms with Gasteiger partial charge in [-0.25, -0.2) is 18.6 Å². The van der Waals surface area contributed by atoms with E-state index in [2.05, 4.69) is 25.8 Å². The van der Waals surface area contributed by atoms with Crippen LogP contribution in [-0.2, 0) is 0 Å². The Hall–Kier alpha value is -3.49. The number of aromatic nitrogens is 3. The van der Waals surface area contributed by atoms with Crippen LogP contribution in [0.5, 0.6) is 0 Å². The van der Waals surface area contributed by atoms with Gasteiger partial charge in [-0.3, -0.25) is 5.10 Å². The number of rotatable bonds is 4. The molecule has 1 saturated heterocycles. The molecule has 1 saturated carbocycles. The van der Waals surface area contributed by atoms with Gasteiger partial charge in [0.1, 0.15) is 18.0 Å². The first kappa shape index (κ1) is 17.6. The van der Waals surface area contributed by atoms with Crippen molar-refractivity contribution in [3.8, 4) is 11.4 Å². The Balaban J connectivity index is 1.20. The fraction of sp³-hybridized carbons (Fsp3) is 0.250. The number of anilines is 2. The van der Waals surface area contributed by atoms with Gasteiger partial charge in [0.05, 0.1) is 11.4 Å². The molecule has 148 valence electrons.